The second-order valence-electron chi connectivity index (χ2n) is 5.76. The quantitative estimate of drug-likeness (QED) is 0.856. The Labute approximate surface area is 147 Å². The minimum Gasteiger partial charge on any atom is -0.350 e. The molecule has 0 aliphatic heterocycles. The number of halogens is 1. The van der Waals surface area contributed by atoms with Gasteiger partial charge >= 0.3 is 0 Å². The van der Waals surface area contributed by atoms with Crippen LogP contribution in [0.2, 0.25) is 0 Å². The molecule has 5 nitrogen and oxygen atoms in total. The number of hydrogen-bond donors (Lipinski definition) is 1. The van der Waals surface area contributed by atoms with E-state index in [4.69, 9.17) is 0 Å². The average Bonchev–Trinajstić information content (AvgIpc) is 2.61. The molecule has 134 valence electrons. The van der Waals surface area contributed by atoms with Gasteiger partial charge in [-0.15, -0.1) is 0 Å². The maximum absolute atomic E-state index is 13.0. The van der Waals surface area contributed by atoms with Crippen LogP contribution in [0.15, 0.2) is 53.4 Å². The van der Waals surface area contributed by atoms with Crippen molar-refractivity contribution in [1.82, 2.24) is 5.32 Å². The van der Waals surface area contributed by atoms with Crippen LogP contribution in [0.4, 0.5) is 10.1 Å². The maximum atomic E-state index is 13.0. The normalized spacial score (nSPS) is 12.5. The lowest BCUT2D eigenvalue weighted by molar-refractivity contribution is 0.0939. The minimum atomic E-state index is -3.86. The van der Waals surface area contributed by atoms with E-state index in [1.165, 1.54) is 49.5 Å². The van der Waals surface area contributed by atoms with E-state index in [1.54, 1.807) is 6.07 Å². The van der Waals surface area contributed by atoms with Crippen LogP contribution in [0.3, 0.4) is 0 Å². The first-order chi connectivity index (χ1) is 11.8. The Hall–Kier alpha value is -2.41. The smallest absolute Gasteiger partial charge is 0.264 e. The number of nitrogens with one attached hydrogen (secondary N) is 1. The Morgan fingerprint density at radius 3 is 2.44 bits per heavy atom. The van der Waals surface area contributed by atoms with Gasteiger partial charge in [0, 0.05) is 18.7 Å². The molecular formula is C18H21FN2O3S. The summed E-state index contributed by atoms with van der Waals surface area (Å²) in [6.45, 7) is 3.82. The number of nitrogens with zero attached hydrogens (tertiary/aromatic N) is 1. The largest absolute Gasteiger partial charge is 0.350 e. The summed E-state index contributed by atoms with van der Waals surface area (Å²) in [4.78, 5) is 12.2. The molecule has 0 spiro atoms. The number of amides is 1. The molecule has 0 saturated heterocycles. The Kier molecular flexibility index (Phi) is 5.79. The van der Waals surface area contributed by atoms with E-state index in [1.807, 2.05) is 13.8 Å². The van der Waals surface area contributed by atoms with Crippen molar-refractivity contribution in [2.75, 3.05) is 11.4 Å². The van der Waals surface area contributed by atoms with Crippen LogP contribution in [0, 0.1) is 5.82 Å². The molecule has 1 atom stereocenters. The number of carbonyl (C=O) groups excluding carboxylic acids is 1. The first-order valence-electron chi connectivity index (χ1n) is 7.91. The van der Waals surface area contributed by atoms with Gasteiger partial charge in [-0.25, -0.2) is 12.8 Å². The van der Waals surface area contributed by atoms with E-state index in [2.05, 4.69) is 5.32 Å². The molecule has 2 aromatic carbocycles. The highest BCUT2D eigenvalue weighted by molar-refractivity contribution is 7.92. The molecule has 2 rings (SSSR count). The lowest BCUT2D eigenvalue weighted by atomic mass is 10.2. The number of hydrogen-bond acceptors (Lipinski definition) is 3. The second kappa shape index (κ2) is 7.65. The molecule has 0 aliphatic carbocycles. The molecule has 1 unspecified atom stereocenters. The topological polar surface area (TPSA) is 66.5 Å². The number of benzene rings is 2. The highest BCUT2D eigenvalue weighted by atomic mass is 32.2. The number of anilines is 1. The lowest BCUT2D eigenvalue weighted by Gasteiger charge is -2.20. The number of sulfonamides is 1. The molecule has 0 fully saturated rings. The summed E-state index contributed by atoms with van der Waals surface area (Å²) in [5.41, 5.74) is 0.602. The number of rotatable bonds is 6. The van der Waals surface area contributed by atoms with Crippen LogP contribution in [0.1, 0.15) is 30.6 Å². The number of carbonyl (C=O) groups is 1. The van der Waals surface area contributed by atoms with E-state index in [-0.39, 0.29) is 22.4 Å². The summed E-state index contributed by atoms with van der Waals surface area (Å²) >= 11 is 0. The summed E-state index contributed by atoms with van der Waals surface area (Å²) in [7, 11) is -2.48. The van der Waals surface area contributed by atoms with E-state index < -0.39 is 15.8 Å². The van der Waals surface area contributed by atoms with Crippen LogP contribution < -0.4 is 9.62 Å². The summed E-state index contributed by atoms with van der Waals surface area (Å²) in [6, 6.07) is 11.0. The van der Waals surface area contributed by atoms with Gasteiger partial charge in [0.1, 0.15) is 5.82 Å². The molecule has 2 aromatic rings. The zero-order chi connectivity index (χ0) is 18.6. The average molecular weight is 364 g/mol. The first-order valence-corrected chi connectivity index (χ1v) is 9.35. The van der Waals surface area contributed by atoms with Gasteiger partial charge < -0.3 is 5.32 Å². The van der Waals surface area contributed by atoms with Crippen molar-refractivity contribution in [3.8, 4) is 0 Å². The van der Waals surface area contributed by atoms with E-state index >= 15 is 0 Å². The van der Waals surface area contributed by atoms with Crippen molar-refractivity contribution in [3.63, 3.8) is 0 Å². The third-order valence-corrected chi connectivity index (χ3v) is 5.72. The lowest BCUT2D eigenvalue weighted by Crippen LogP contribution is -2.32. The van der Waals surface area contributed by atoms with Gasteiger partial charge in [-0.2, -0.15) is 0 Å². The highest BCUT2D eigenvalue weighted by Gasteiger charge is 2.22. The highest BCUT2D eigenvalue weighted by Crippen LogP contribution is 2.23. The van der Waals surface area contributed by atoms with Crippen LogP contribution in [-0.2, 0) is 10.0 Å². The summed E-state index contributed by atoms with van der Waals surface area (Å²) < 4.78 is 39.6. The molecule has 0 aliphatic rings. The minimum absolute atomic E-state index is 0.00359. The van der Waals surface area contributed by atoms with Gasteiger partial charge in [0.05, 0.1) is 10.6 Å². The SMILES string of the molecule is CCC(C)NC(=O)c1cccc(S(=O)(=O)N(C)c2ccc(F)cc2)c1. The molecule has 1 N–H and O–H groups in total. The predicted octanol–water partition coefficient (Wildman–Crippen LogP) is 3.18. The fraction of sp³-hybridized carbons (Fsp3) is 0.278. The van der Waals surface area contributed by atoms with Gasteiger partial charge in [0.15, 0.2) is 0 Å². The molecule has 0 saturated carbocycles. The Balaban J connectivity index is 2.32. The molecule has 0 aromatic heterocycles. The summed E-state index contributed by atoms with van der Waals surface area (Å²) in [6.07, 6.45) is 0.775. The Bertz CT molecular complexity index is 851. The van der Waals surface area contributed by atoms with Crippen LogP contribution in [-0.4, -0.2) is 27.4 Å². The zero-order valence-electron chi connectivity index (χ0n) is 14.4. The fourth-order valence-corrected chi connectivity index (χ4v) is 3.40. The Morgan fingerprint density at radius 1 is 1.20 bits per heavy atom. The monoisotopic (exact) mass is 364 g/mol. The standard InChI is InChI=1S/C18H21FN2O3S/c1-4-13(2)20-18(22)14-6-5-7-17(12-14)25(23,24)21(3)16-10-8-15(19)9-11-16/h5-13H,4H2,1-3H3,(H,20,22). The molecular weight excluding hydrogens is 343 g/mol. The first kappa shape index (κ1) is 18.9. The molecule has 7 heteroatoms. The van der Waals surface area contributed by atoms with Gasteiger partial charge in [-0.05, 0) is 55.8 Å². The summed E-state index contributed by atoms with van der Waals surface area (Å²) in [5.74, 6) is -0.769. The van der Waals surface area contributed by atoms with Crippen LogP contribution in [0.25, 0.3) is 0 Å². The Morgan fingerprint density at radius 2 is 1.84 bits per heavy atom. The van der Waals surface area contributed by atoms with E-state index in [0.29, 0.717) is 5.69 Å². The van der Waals surface area contributed by atoms with Crippen molar-refractivity contribution < 1.29 is 17.6 Å². The zero-order valence-corrected chi connectivity index (χ0v) is 15.2. The van der Waals surface area contributed by atoms with Crippen LogP contribution in [0.5, 0.6) is 0 Å². The van der Waals surface area contributed by atoms with Crippen molar-refractivity contribution >= 4 is 21.6 Å². The molecule has 1 amide bonds. The molecule has 0 bridgehead atoms. The molecule has 25 heavy (non-hydrogen) atoms. The van der Waals surface area contributed by atoms with E-state index in [0.717, 1.165) is 10.7 Å². The third kappa shape index (κ3) is 4.36. The van der Waals surface area contributed by atoms with Crippen molar-refractivity contribution in [1.29, 1.82) is 0 Å². The molecule has 0 heterocycles. The van der Waals surface area contributed by atoms with Gasteiger partial charge in [0.25, 0.3) is 15.9 Å². The third-order valence-electron chi connectivity index (χ3n) is 3.93. The van der Waals surface area contributed by atoms with Crippen molar-refractivity contribution in [2.24, 2.45) is 0 Å². The summed E-state index contributed by atoms with van der Waals surface area (Å²) in [5, 5.41) is 2.80. The van der Waals surface area contributed by atoms with Gasteiger partial charge in [-0.1, -0.05) is 13.0 Å². The van der Waals surface area contributed by atoms with E-state index in [9.17, 15) is 17.6 Å². The van der Waals surface area contributed by atoms with Crippen molar-refractivity contribution in [2.45, 2.75) is 31.2 Å². The predicted molar refractivity (Wildman–Crippen MR) is 95.7 cm³/mol. The maximum Gasteiger partial charge on any atom is 0.264 e. The molecule has 0 radical (unpaired) electrons. The fourth-order valence-electron chi connectivity index (χ4n) is 2.15. The van der Waals surface area contributed by atoms with Crippen molar-refractivity contribution in [3.05, 3.63) is 59.9 Å². The van der Waals surface area contributed by atoms with Crippen LogP contribution >= 0.6 is 0 Å². The van der Waals surface area contributed by atoms with Gasteiger partial charge in [-0.3, -0.25) is 9.10 Å². The van der Waals surface area contributed by atoms with Gasteiger partial charge in [0.2, 0.25) is 0 Å². The second-order valence-corrected chi connectivity index (χ2v) is 7.73.